The van der Waals surface area contributed by atoms with E-state index in [1.807, 2.05) is 0 Å². The zero-order valence-electron chi connectivity index (χ0n) is 9.22. The van der Waals surface area contributed by atoms with Crippen LogP contribution in [0.15, 0.2) is 29.2 Å². The van der Waals surface area contributed by atoms with Crippen molar-refractivity contribution in [2.45, 2.75) is 0 Å². The number of halogens is 1. The number of fused-ring (bicyclic) bond motifs is 1. The average molecular weight is 214 g/mol. The molecule has 0 bridgehead atoms. The summed E-state index contributed by atoms with van der Waals surface area (Å²) in [4.78, 5) is 11.1. The smallest absolute Gasteiger partial charge is 0.163 e. The van der Waals surface area contributed by atoms with E-state index < -0.39 is 0 Å². The van der Waals surface area contributed by atoms with Crippen molar-refractivity contribution in [3.63, 3.8) is 0 Å². The fourth-order valence-corrected chi connectivity index (χ4v) is 1.04. The summed E-state index contributed by atoms with van der Waals surface area (Å²) in [5, 5.41) is 0.256. The second-order valence-electron chi connectivity index (χ2n) is 1.79. The third-order valence-corrected chi connectivity index (χ3v) is 1.71. The largest absolute Gasteiger partial charge is 0.237 e. The van der Waals surface area contributed by atoms with E-state index in [4.69, 9.17) is 5.48 Å². The number of hydrogen-bond donors (Lipinski definition) is 0. The molecule has 2 aromatic heterocycles. The Morgan fingerprint density at radius 1 is 1.36 bits per heavy atom. The molecule has 0 radical (unpaired) electrons. The highest BCUT2D eigenvalue weighted by Gasteiger charge is 1.97. The average Bonchev–Trinajstić information content (AvgIpc) is 2.13. The quantitative estimate of drug-likeness (QED) is 0.627. The zero-order chi connectivity index (χ0) is 11.2. The molecule has 0 amide bonds. The van der Waals surface area contributed by atoms with Gasteiger partial charge in [0.2, 0.25) is 0 Å². The Bertz CT molecular complexity index is 560. The maximum absolute atomic E-state index is 7.62. The van der Waals surface area contributed by atoms with Crippen LogP contribution in [0.1, 0.15) is 5.48 Å². The number of nitrogens with zero attached hydrogens (tertiary/aromatic N) is 3. The van der Waals surface area contributed by atoms with Crippen LogP contribution in [-0.2, 0) is 0 Å². The summed E-state index contributed by atoms with van der Waals surface area (Å²) in [7, 11) is 0. The molecule has 11 heavy (non-hydrogen) atoms. The first-order chi connectivity index (χ1) is 7.00. The van der Waals surface area contributed by atoms with E-state index in [2.05, 4.69) is 30.9 Å². The van der Waals surface area contributed by atoms with Gasteiger partial charge in [-0.3, -0.25) is 0 Å². The van der Waals surface area contributed by atoms with Crippen molar-refractivity contribution >= 4 is 27.0 Å². The van der Waals surface area contributed by atoms with Gasteiger partial charge in [-0.15, -0.1) is 0 Å². The van der Waals surface area contributed by atoms with Crippen LogP contribution in [0.25, 0.3) is 11.0 Å². The molecule has 3 nitrogen and oxygen atoms in total. The number of rotatable bonds is 0. The Hall–Kier alpha value is -1.03. The summed E-state index contributed by atoms with van der Waals surface area (Å²) in [6.45, 7) is 0. The first-order valence-electron chi connectivity index (χ1n) is 4.78. The molecular weight excluding hydrogens is 206 g/mol. The fourth-order valence-electron chi connectivity index (χ4n) is 0.680. The molecule has 0 fully saturated rings. The van der Waals surface area contributed by atoms with Gasteiger partial charge in [-0.1, -0.05) is 0 Å². The number of pyridine rings is 1. The molecule has 54 valence electrons. The molecular formula is C7H4BrN3. The Balaban J connectivity index is 2.99. The molecule has 0 spiro atoms. The summed E-state index contributed by atoms with van der Waals surface area (Å²) in [5.74, 6) is 0. The lowest BCUT2D eigenvalue weighted by Gasteiger charge is -1.94. The van der Waals surface area contributed by atoms with Crippen LogP contribution in [0.4, 0.5) is 0 Å². The Morgan fingerprint density at radius 2 is 2.27 bits per heavy atom. The first-order valence-corrected chi connectivity index (χ1v) is 3.57. The Morgan fingerprint density at radius 3 is 3.18 bits per heavy atom. The molecule has 2 rings (SSSR count). The standard InChI is InChI=1S/C7H4BrN3/c8-6-5-2-1-3-9-7(5)11-4-10-6/h1-4H/i1D,2D,3D,4D. The van der Waals surface area contributed by atoms with Crippen LogP contribution in [0, 0.1) is 0 Å². The van der Waals surface area contributed by atoms with Crippen molar-refractivity contribution in [1.82, 2.24) is 15.0 Å². The SMILES string of the molecule is [2H]c1nc(Br)c2c([2H])c([2H])c([2H])nc2n1. The summed E-state index contributed by atoms with van der Waals surface area (Å²) in [6, 6.07) is -0.429. The van der Waals surface area contributed by atoms with Crippen LogP contribution >= 0.6 is 15.9 Å². The van der Waals surface area contributed by atoms with Gasteiger partial charge in [0.25, 0.3) is 0 Å². The fraction of sp³-hybridized carbons (Fsp3) is 0. The van der Waals surface area contributed by atoms with Crippen LogP contribution in [0.2, 0.25) is 0 Å². The van der Waals surface area contributed by atoms with Crippen LogP contribution < -0.4 is 0 Å². The van der Waals surface area contributed by atoms with E-state index in [9.17, 15) is 0 Å². The molecule has 4 heteroatoms. The molecule has 0 aromatic carbocycles. The van der Waals surface area contributed by atoms with Crippen LogP contribution in [0.5, 0.6) is 0 Å². The van der Waals surface area contributed by atoms with Gasteiger partial charge in [-0.2, -0.15) is 0 Å². The van der Waals surface area contributed by atoms with Gasteiger partial charge < -0.3 is 0 Å². The van der Waals surface area contributed by atoms with Gasteiger partial charge in [-0.25, -0.2) is 15.0 Å². The Kier molecular flexibility index (Phi) is 0.827. The van der Waals surface area contributed by atoms with Crippen molar-refractivity contribution in [3.05, 3.63) is 29.2 Å². The third kappa shape index (κ3) is 1.09. The monoisotopic (exact) mass is 213 g/mol. The van der Waals surface area contributed by atoms with E-state index in [0.717, 1.165) is 0 Å². The van der Waals surface area contributed by atoms with Gasteiger partial charge in [-0.05, 0) is 28.0 Å². The summed E-state index contributed by atoms with van der Waals surface area (Å²) < 4.78 is 29.9. The van der Waals surface area contributed by atoms with E-state index >= 15 is 0 Å². The van der Waals surface area contributed by atoms with Gasteiger partial charge in [0.1, 0.15) is 12.3 Å². The van der Waals surface area contributed by atoms with E-state index in [1.165, 1.54) is 0 Å². The zero-order valence-corrected chi connectivity index (χ0v) is 6.81. The van der Waals surface area contributed by atoms with E-state index in [-0.39, 0.29) is 40.2 Å². The molecule has 0 aliphatic carbocycles. The number of aromatic nitrogens is 3. The van der Waals surface area contributed by atoms with Crippen molar-refractivity contribution in [3.8, 4) is 0 Å². The molecule has 0 aliphatic heterocycles. The maximum atomic E-state index is 7.62. The van der Waals surface area contributed by atoms with Gasteiger partial charge in [0, 0.05) is 6.17 Å². The van der Waals surface area contributed by atoms with Gasteiger partial charge in [0.05, 0.1) is 9.50 Å². The van der Waals surface area contributed by atoms with Crippen molar-refractivity contribution in [2.75, 3.05) is 0 Å². The predicted molar refractivity (Wildman–Crippen MR) is 45.0 cm³/mol. The van der Waals surface area contributed by atoms with Crippen molar-refractivity contribution in [1.29, 1.82) is 0 Å². The third-order valence-electron chi connectivity index (χ3n) is 1.14. The highest BCUT2D eigenvalue weighted by Crippen LogP contribution is 2.16. The van der Waals surface area contributed by atoms with E-state index in [1.54, 1.807) is 0 Å². The molecule has 2 aromatic rings. The normalized spacial score (nSPS) is 15.4. The molecule has 0 atom stereocenters. The van der Waals surface area contributed by atoms with E-state index in [0.29, 0.717) is 0 Å². The van der Waals surface area contributed by atoms with Crippen LogP contribution in [0.3, 0.4) is 0 Å². The minimum absolute atomic E-state index is 0.0906. The minimum atomic E-state index is -0.322. The highest BCUT2D eigenvalue weighted by molar-refractivity contribution is 9.10. The van der Waals surface area contributed by atoms with Crippen molar-refractivity contribution < 1.29 is 5.48 Å². The predicted octanol–water partition coefficient (Wildman–Crippen LogP) is 1.79. The second-order valence-corrected chi connectivity index (χ2v) is 2.54. The maximum Gasteiger partial charge on any atom is 0.163 e. The van der Waals surface area contributed by atoms with Crippen molar-refractivity contribution in [2.24, 2.45) is 0 Å². The first kappa shape index (κ1) is 3.58. The lowest BCUT2D eigenvalue weighted by Crippen LogP contribution is -1.85. The molecule has 0 aliphatic rings. The molecule has 0 N–H and O–H groups in total. The highest BCUT2D eigenvalue weighted by atomic mass is 79.9. The Labute approximate surface area is 77.3 Å². The summed E-state index contributed by atoms with van der Waals surface area (Å²) in [6.07, 6.45) is -0.559. The minimum Gasteiger partial charge on any atom is -0.237 e. The summed E-state index contributed by atoms with van der Waals surface area (Å²) in [5.41, 5.74) is 0.0906. The van der Waals surface area contributed by atoms with Crippen LogP contribution in [-0.4, -0.2) is 15.0 Å². The lowest BCUT2D eigenvalue weighted by atomic mass is 10.3. The second kappa shape index (κ2) is 2.54. The lowest BCUT2D eigenvalue weighted by molar-refractivity contribution is 1.16. The molecule has 0 unspecified atom stereocenters. The van der Waals surface area contributed by atoms with Gasteiger partial charge in [0.15, 0.2) is 5.65 Å². The molecule has 0 saturated heterocycles. The van der Waals surface area contributed by atoms with Gasteiger partial charge >= 0.3 is 0 Å². The summed E-state index contributed by atoms with van der Waals surface area (Å²) >= 11 is 3.08. The molecule has 0 saturated carbocycles. The topological polar surface area (TPSA) is 38.7 Å². The molecule has 2 heterocycles. The number of hydrogen-bond acceptors (Lipinski definition) is 3.